The average Bonchev–Trinajstić information content (AvgIpc) is 2.79. The molecule has 0 aromatic heterocycles. The van der Waals surface area contributed by atoms with Crippen LogP contribution in [-0.2, 0) is 14.8 Å². The number of sulfonamides is 1. The number of ether oxygens (including phenoxy) is 2. The molecule has 3 aromatic rings. The van der Waals surface area contributed by atoms with Crippen LogP contribution in [0.2, 0.25) is 5.02 Å². The lowest BCUT2D eigenvalue weighted by atomic mass is 10.1. The first-order valence-electron chi connectivity index (χ1n) is 10.0. The van der Waals surface area contributed by atoms with Crippen molar-refractivity contribution < 1.29 is 22.7 Å². The Kier molecular flexibility index (Phi) is 7.50. The first-order valence-corrected chi connectivity index (χ1v) is 11.9. The number of amides is 1. The fraction of sp³-hybridized carbons (Fsp3) is 0.208. The third kappa shape index (κ3) is 5.40. The van der Waals surface area contributed by atoms with Crippen molar-refractivity contribution in [3.05, 3.63) is 76.8 Å². The van der Waals surface area contributed by atoms with Crippen molar-refractivity contribution in [3.8, 4) is 11.5 Å². The maximum atomic E-state index is 13.5. The van der Waals surface area contributed by atoms with Gasteiger partial charge in [-0.3, -0.25) is 9.10 Å². The summed E-state index contributed by atoms with van der Waals surface area (Å²) in [5.41, 5.74) is 2.44. The van der Waals surface area contributed by atoms with Gasteiger partial charge in [0.2, 0.25) is 5.91 Å². The summed E-state index contributed by atoms with van der Waals surface area (Å²) in [6, 6.07) is 16.4. The number of aryl methyl sites for hydroxylation is 2. The summed E-state index contributed by atoms with van der Waals surface area (Å²) in [7, 11) is -1.12. The van der Waals surface area contributed by atoms with Crippen molar-refractivity contribution in [1.82, 2.24) is 0 Å². The molecule has 0 aliphatic rings. The number of benzene rings is 3. The van der Waals surface area contributed by atoms with Crippen LogP contribution < -0.4 is 19.1 Å². The van der Waals surface area contributed by atoms with E-state index in [9.17, 15) is 13.2 Å². The van der Waals surface area contributed by atoms with E-state index in [1.165, 1.54) is 38.5 Å². The van der Waals surface area contributed by atoms with Crippen molar-refractivity contribution in [2.24, 2.45) is 0 Å². The van der Waals surface area contributed by atoms with Crippen LogP contribution in [0.1, 0.15) is 11.1 Å². The molecule has 0 heterocycles. The van der Waals surface area contributed by atoms with Gasteiger partial charge in [-0.25, -0.2) is 8.42 Å². The normalized spacial score (nSPS) is 11.1. The molecule has 0 fully saturated rings. The third-order valence-corrected chi connectivity index (χ3v) is 7.06. The van der Waals surface area contributed by atoms with Crippen LogP contribution in [0.15, 0.2) is 65.6 Å². The molecule has 1 N–H and O–H groups in total. The highest BCUT2D eigenvalue weighted by Gasteiger charge is 2.28. The van der Waals surface area contributed by atoms with Crippen LogP contribution >= 0.6 is 11.6 Å². The molecule has 0 saturated carbocycles. The number of nitrogens with zero attached hydrogens (tertiary/aromatic N) is 1. The van der Waals surface area contributed by atoms with Gasteiger partial charge in [0.15, 0.2) is 0 Å². The van der Waals surface area contributed by atoms with E-state index in [-0.39, 0.29) is 4.90 Å². The van der Waals surface area contributed by atoms with Gasteiger partial charge >= 0.3 is 0 Å². The number of halogens is 1. The fourth-order valence-corrected chi connectivity index (χ4v) is 5.12. The molecule has 0 spiro atoms. The van der Waals surface area contributed by atoms with E-state index < -0.39 is 22.5 Å². The molecule has 174 valence electrons. The van der Waals surface area contributed by atoms with Gasteiger partial charge in [0.05, 0.1) is 35.5 Å². The van der Waals surface area contributed by atoms with Crippen molar-refractivity contribution in [1.29, 1.82) is 0 Å². The maximum absolute atomic E-state index is 13.5. The number of hydrogen-bond donors (Lipinski definition) is 1. The van der Waals surface area contributed by atoms with E-state index in [2.05, 4.69) is 5.32 Å². The second-order valence-corrected chi connectivity index (χ2v) is 9.62. The summed E-state index contributed by atoms with van der Waals surface area (Å²) in [5, 5.41) is 3.03. The van der Waals surface area contributed by atoms with E-state index in [0.717, 1.165) is 15.4 Å². The van der Waals surface area contributed by atoms with Gasteiger partial charge in [-0.05, 0) is 37.6 Å². The molecule has 9 heteroatoms. The van der Waals surface area contributed by atoms with Crippen molar-refractivity contribution in [3.63, 3.8) is 0 Å². The molecule has 0 saturated heterocycles. The van der Waals surface area contributed by atoms with E-state index in [4.69, 9.17) is 21.1 Å². The monoisotopic (exact) mass is 488 g/mol. The topological polar surface area (TPSA) is 84.9 Å². The Hall–Kier alpha value is -3.23. The average molecular weight is 489 g/mol. The predicted octanol–water partition coefficient (Wildman–Crippen LogP) is 4.81. The first kappa shape index (κ1) is 24.4. The zero-order valence-electron chi connectivity index (χ0n) is 18.8. The summed E-state index contributed by atoms with van der Waals surface area (Å²) in [6.07, 6.45) is 0. The molecule has 0 atom stereocenters. The summed E-state index contributed by atoms with van der Waals surface area (Å²) in [6.45, 7) is 3.27. The number of carbonyl (C=O) groups excluding carboxylic acids is 1. The summed E-state index contributed by atoms with van der Waals surface area (Å²) in [4.78, 5) is 13.1. The zero-order valence-corrected chi connectivity index (χ0v) is 20.3. The molecule has 0 aliphatic carbocycles. The highest BCUT2D eigenvalue weighted by molar-refractivity contribution is 7.92. The number of carbonyl (C=O) groups is 1. The minimum Gasteiger partial charge on any atom is -0.495 e. The standard InChI is InChI=1S/C24H25ClN2O5S/c1-16-10-11-21(17(2)12-16)27(33(29,30)18-8-6-5-7-9-18)15-24(28)26-20-14-22(31-3)19(25)13-23(20)32-4/h5-14H,15H2,1-4H3,(H,26,28). The lowest BCUT2D eigenvalue weighted by Crippen LogP contribution is -2.38. The second kappa shape index (κ2) is 10.1. The number of nitrogens with one attached hydrogen (secondary N) is 1. The number of rotatable bonds is 8. The highest BCUT2D eigenvalue weighted by atomic mass is 35.5. The lowest BCUT2D eigenvalue weighted by Gasteiger charge is -2.26. The lowest BCUT2D eigenvalue weighted by molar-refractivity contribution is -0.114. The predicted molar refractivity (Wildman–Crippen MR) is 130 cm³/mol. The largest absolute Gasteiger partial charge is 0.495 e. The van der Waals surface area contributed by atoms with Gasteiger partial charge < -0.3 is 14.8 Å². The Bertz CT molecular complexity index is 1260. The van der Waals surface area contributed by atoms with Gasteiger partial charge in [0.1, 0.15) is 18.0 Å². The smallest absolute Gasteiger partial charge is 0.264 e. The molecular formula is C24H25ClN2O5S. The van der Waals surface area contributed by atoms with Crippen LogP contribution in [0.25, 0.3) is 0 Å². The minimum atomic E-state index is -4.02. The van der Waals surface area contributed by atoms with Crippen molar-refractivity contribution in [2.75, 3.05) is 30.4 Å². The quantitative estimate of drug-likeness (QED) is 0.492. The van der Waals surface area contributed by atoms with Crippen LogP contribution in [-0.4, -0.2) is 35.1 Å². The Balaban J connectivity index is 2.00. The molecule has 0 bridgehead atoms. The SMILES string of the molecule is COc1cc(NC(=O)CN(c2ccc(C)cc2C)S(=O)(=O)c2ccccc2)c(OC)cc1Cl. The Labute approximate surface area is 198 Å². The summed E-state index contributed by atoms with van der Waals surface area (Å²) >= 11 is 6.13. The Morgan fingerprint density at radius 1 is 0.970 bits per heavy atom. The fourth-order valence-electron chi connectivity index (χ4n) is 3.38. The van der Waals surface area contributed by atoms with E-state index in [1.807, 2.05) is 13.0 Å². The molecule has 0 unspecified atom stereocenters. The molecular weight excluding hydrogens is 464 g/mol. The molecule has 7 nitrogen and oxygen atoms in total. The van der Waals surface area contributed by atoms with Crippen molar-refractivity contribution >= 4 is 38.9 Å². The van der Waals surface area contributed by atoms with Gasteiger partial charge in [-0.1, -0.05) is 47.5 Å². The van der Waals surface area contributed by atoms with Crippen LogP contribution in [0, 0.1) is 13.8 Å². The molecule has 3 rings (SSSR count). The minimum absolute atomic E-state index is 0.0866. The number of hydrogen-bond acceptors (Lipinski definition) is 5. The first-order chi connectivity index (χ1) is 15.7. The summed E-state index contributed by atoms with van der Waals surface area (Å²) < 4.78 is 38.6. The Morgan fingerprint density at radius 2 is 1.64 bits per heavy atom. The Morgan fingerprint density at radius 3 is 2.24 bits per heavy atom. The molecule has 0 aliphatic heterocycles. The van der Waals surface area contributed by atoms with E-state index in [1.54, 1.807) is 37.3 Å². The molecule has 0 radical (unpaired) electrons. The summed E-state index contributed by atoms with van der Waals surface area (Å²) in [5.74, 6) is 0.103. The second-order valence-electron chi connectivity index (χ2n) is 7.35. The van der Waals surface area contributed by atoms with Crippen LogP contribution in [0.4, 0.5) is 11.4 Å². The van der Waals surface area contributed by atoms with E-state index in [0.29, 0.717) is 27.9 Å². The van der Waals surface area contributed by atoms with E-state index >= 15 is 0 Å². The zero-order chi connectivity index (χ0) is 24.2. The molecule has 3 aromatic carbocycles. The number of anilines is 2. The maximum Gasteiger partial charge on any atom is 0.264 e. The highest BCUT2D eigenvalue weighted by Crippen LogP contribution is 2.36. The molecule has 1 amide bonds. The number of methoxy groups -OCH3 is 2. The van der Waals surface area contributed by atoms with Crippen LogP contribution in [0.3, 0.4) is 0 Å². The third-order valence-electron chi connectivity index (χ3n) is 4.99. The molecule has 33 heavy (non-hydrogen) atoms. The van der Waals surface area contributed by atoms with Gasteiger partial charge in [-0.15, -0.1) is 0 Å². The van der Waals surface area contributed by atoms with Gasteiger partial charge in [0, 0.05) is 12.1 Å². The van der Waals surface area contributed by atoms with Crippen molar-refractivity contribution in [2.45, 2.75) is 18.7 Å². The van der Waals surface area contributed by atoms with Gasteiger partial charge in [0.25, 0.3) is 10.0 Å². The van der Waals surface area contributed by atoms with Crippen LogP contribution in [0.5, 0.6) is 11.5 Å². The van der Waals surface area contributed by atoms with Gasteiger partial charge in [-0.2, -0.15) is 0 Å².